The normalized spacial score (nSPS) is 10.6. The molecule has 0 aliphatic carbocycles. The largest absolute Gasteiger partial charge is 0.497 e. The first-order valence-electron chi connectivity index (χ1n) is 4.70. The van der Waals surface area contributed by atoms with E-state index in [2.05, 4.69) is 0 Å². The van der Waals surface area contributed by atoms with Crippen LogP contribution in [0.2, 0.25) is 0 Å². The fraction of sp³-hybridized carbons (Fsp3) is 0.182. The van der Waals surface area contributed by atoms with E-state index in [1.807, 2.05) is 0 Å². The highest BCUT2D eigenvalue weighted by Gasteiger charge is 2.13. The first-order valence-corrected chi connectivity index (χ1v) is 4.70. The number of hydrogen-bond donors (Lipinski definition) is 2. The first kappa shape index (κ1) is 10.5. The summed E-state index contributed by atoms with van der Waals surface area (Å²) in [5.74, 6) is 0.581. The molecule has 0 unspecified atom stereocenters. The molecular weight excluding hydrogens is 210 g/mol. The summed E-state index contributed by atoms with van der Waals surface area (Å²) in [6.07, 6.45) is -1.12. The Morgan fingerprint density at radius 3 is 2.75 bits per heavy atom. The third-order valence-electron chi connectivity index (χ3n) is 2.44. The van der Waals surface area contributed by atoms with Crippen molar-refractivity contribution in [2.24, 2.45) is 0 Å². The Hall–Kier alpha value is -2.01. The van der Waals surface area contributed by atoms with Crippen molar-refractivity contribution in [3.63, 3.8) is 0 Å². The van der Waals surface area contributed by atoms with Crippen LogP contribution in [0.5, 0.6) is 5.75 Å². The second kappa shape index (κ2) is 3.86. The van der Waals surface area contributed by atoms with Crippen molar-refractivity contribution in [3.05, 3.63) is 30.0 Å². The number of carbonyl (C=O) groups is 1. The molecule has 16 heavy (non-hydrogen) atoms. The lowest BCUT2D eigenvalue weighted by molar-refractivity contribution is 0.193. The fourth-order valence-electron chi connectivity index (χ4n) is 1.71. The van der Waals surface area contributed by atoms with Crippen LogP contribution in [0.4, 0.5) is 4.79 Å². The van der Waals surface area contributed by atoms with Crippen LogP contribution in [0.1, 0.15) is 5.69 Å². The van der Waals surface area contributed by atoms with E-state index in [1.165, 1.54) is 7.11 Å². The molecule has 0 aliphatic rings. The Morgan fingerprint density at radius 2 is 2.19 bits per heavy atom. The Labute approximate surface area is 91.5 Å². The molecule has 0 aliphatic heterocycles. The first-order chi connectivity index (χ1) is 7.67. The van der Waals surface area contributed by atoms with Crippen molar-refractivity contribution in [2.75, 3.05) is 7.11 Å². The molecule has 84 valence electrons. The van der Waals surface area contributed by atoms with Crippen molar-refractivity contribution in [2.45, 2.75) is 6.61 Å². The summed E-state index contributed by atoms with van der Waals surface area (Å²) in [5, 5.41) is 18.9. The summed E-state index contributed by atoms with van der Waals surface area (Å²) in [6.45, 7) is -0.316. The van der Waals surface area contributed by atoms with Crippen molar-refractivity contribution < 1.29 is 19.7 Å². The molecule has 0 bridgehead atoms. The topological polar surface area (TPSA) is 71.7 Å². The molecule has 2 rings (SSSR count). The molecule has 5 heteroatoms. The number of methoxy groups -OCH3 is 1. The predicted molar refractivity (Wildman–Crippen MR) is 57.8 cm³/mol. The molecule has 0 fully saturated rings. The summed E-state index contributed by atoms with van der Waals surface area (Å²) >= 11 is 0. The average Bonchev–Trinajstić information content (AvgIpc) is 2.65. The van der Waals surface area contributed by atoms with E-state index in [1.54, 1.807) is 24.3 Å². The van der Waals surface area contributed by atoms with Gasteiger partial charge < -0.3 is 14.9 Å². The number of aromatic nitrogens is 1. The number of rotatable bonds is 2. The second-order valence-corrected chi connectivity index (χ2v) is 3.34. The number of aliphatic hydroxyl groups excluding tert-OH is 1. The van der Waals surface area contributed by atoms with Gasteiger partial charge in [-0.3, -0.25) is 0 Å². The van der Waals surface area contributed by atoms with Crippen LogP contribution >= 0.6 is 0 Å². The molecule has 2 aromatic rings. The molecule has 1 aromatic carbocycles. The number of benzene rings is 1. The van der Waals surface area contributed by atoms with Gasteiger partial charge in [0.15, 0.2) is 0 Å². The fourth-order valence-corrected chi connectivity index (χ4v) is 1.71. The summed E-state index contributed by atoms with van der Waals surface area (Å²) in [7, 11) is 1.52. The molecular formula is C11H11NO4. The van der Waals surface area contributed by atoms with Crippen molar-refractivity contribution >= 4 is 17.0 Å². The zero-order valence-corrected chi connectivity index (χ0v) is 8.67. The lowest BCUT2D eigenvalue weighted by Gasteiger charge is -2.03. The van der Waals surface area contributed by atoms with E-state index in [0.29, 0.717) is 17.0 Å². The van der Waals surface area contributed by atoms with Crippen LogP contribution in [-0.2, 0) is 6.61 Å². The number of aliphatic hydroxyl groups is 1. The molecule has 0 spiro atoms. The van der Waals surface area contributed by atoms with Gasteiger partial charge in [0.25, 0.3) is 0 Å². The van der Waals surface area contributed by atoms with Gasteiger partial charge in [0.2, 0.25) is 0 Å². The molecule has 5 nitrogen and oxygen atoms in total. The molecule has 1 aromatic heterocycles. The Morgan fingerprint density at radius 1 is 1.44 bits per heavy atom. The van der Waals surface area contributed by atoms with Gasteiger partial charge in [0.05, 0.1) is 24.9 Å². The smallest absolute Gasteiger partial charge is 0.416 e. The van der Waals surface area contributed by atoms with Crippen molar-refractivity contribution in [1.82, 2.24) is 4.57 Å². The van der Waals surface area contributed by atoms with Gasteiger partial charge in [-0.15, -0.1) is 0 Å². The highest BCUT2D eigenvalue weighted by molar-refractivity contribution is 5.91. The van der Waals surface area contributed by atoms with Gasteiger partial charge in [-0.25, -0.2) is 9.36 Å². The van der Waals surface area contributed by atoms with Gasteiger partial charge in [-0.2, -0.15) is 0 Å². The average molecular weight is 221 g/mol. The van der Waals surface area contributed by atoms with Crippen LogP contribution in [0.15, 0.2) is 24.3 Å². The van der Waals surface area contributed by atoms with E-state index in [4.69, 9.17) is 14.9 Å². The molecule has 1 heterocycles. The molecule has 0 radical (unpaired) electrons. The summed E-state index contributed by atoms with van der Waals surface area (Å²) < 4.78 is 6.08. The predicted octanol–water partition coefficient (Wildman–Crippen LogP) is 1.67. The lowest BCUT2D eigenvalue weighted by Crippen LogP contribution is -2.11. The zero-order valence-electron chi connectivity index (χ0n) is 8.67. The number of hydrogen-bond acceptors (Lipinski definition) is 3. The maximum absolute atomic E-state index is 11.1. The summed E-state index contributed by atoms with van der Waals surface area (Å²) in [6, 6.07) is 6.77. The maximum Gasteiger partial charge on any atom is 0.416 e. The van der Waals surface area contributed by atoms with Crippen molar-refractivity contribution in [3.8, 4) is 5.75 Å². The van der Waals surface area contributed by atoms with Crippen LogP contribution in [0.3, 0.4) is 0 Å². The lowest BCUT2D eigenvalue weighted by atomic mass is 10.2. The number of nitrogens with zero attached hydrogens (tertiary/aromatic N) is 1. The van der Waals surface area contributed by atoms with E-state index < -0.39 is 6.09 Å². The molecule has 0 saturated heterocycles. The van der Waals surface area contributed by atoms with E-state index >= 15 is 0 Å². The van der Waals surface area contributed by atoms with E-state index in [-0.39, 0.29) is 6.61 Å². The van der Waals surface area contributed by atoms with Gasteiger partial charge in [0, 0.05) is 11.5 Å². The second-order valence-electron chi connectivity index (χ2n) is 3.34. The monoisotopic (exact) mass is 221 g/mol. The Bertz CT molecular complexity index is 544. The number of ether oxygens (including phenoxy) is 1. The van der Waals surface area contributed by atoms with Crippen LogP contribution in [0.25, 0.3) is 10.9 Å². The quantitative estimate of drug-likeness (QED) is 0.809. The van der Waals surface area contributed by atoms with Crippen LogP contribution in [-0.4, -0.2) is 28.0 Å². The van der Waals surface area contributed by atoms with Crippen molar-refractivity contribution in [1.29, 1.82) is 0 Å². The maximum atomic E-state index is 11.1. The Balaban J connectivity index is 2.75. The highest BCUT2D eigenvalue weighted by atomic mass is 16.5. The third kappa shape index (κ3) is 1.51. The summed E-state index contributed by atoms with van der Waals surface area (Å²) in [5.41, 5.74) is 0.853. The van der Waals surface area contributed by atoms with E-state index in [0.717, 1.165) is 9.95 Å². The molecule has 0 amide bonds. The number of fused-ring (bicyclic) bond motifs is 1. The van der Waals surface area contributed by atoms with Gasteiger partial charge in [0.1, 0.15) is 5.75 Å². The van der Waals surface area contributed by atoms with Crippen LogP contribution < -0.4 is 4.74 Å². The zero-order chi connectivity index (χ0) is 11.7. The summed E-state index contributed by atoms with van der Waals surface area (Å²) in [4.78, 5) is 11.1. The van der Waals surface area contributed by atoms with Crippen LogP contribution in [0, 0.1) is 0 Å². The minimum Gasteiger partial charge on any atom is -0.497 e. The SMILES string of the molecule is COc1ccc2cc(CO)n(C(=O)O)c2c1. The molecule has 0 saturated carbocycles. The van der Waals surface area contributed by atoms with Gasteiger partial charge in [-0.1, -0.05) is 0 Å². The minimum absolute atomic E-state index is 0.316. The highest BCUT2D eigenvalue weighted by Crippen LogP contribution is 2.24. The standard InChI is InChI=1S/C11H11NO4/c1-16-9-3-2-7-4-8(6-13)12(11(14)15)10(7)5-9/h2-5,13H,6H2,1H3,(H,14,15). The molecule has 2 N–H and O–H groups in total. The minimum atomic E-state index is -1.12. The van der Waals surface area contributed by atoms with Gasteiger partial charge >= 0.3 is 6.09 Å². The Kier molecular flexibility index (Phi) is 2.54. The third-order valence-corrected chi connectivity index (χ3v) is 2.44. The van der Waals surface area contributed by atoms with Gasteiger partial charge in [-0.05, 0) is 18.2 Å². The number of carboxylic acid groups (broad SMARTS) is 1. The molecule has 0 atom stereocenters. The van der Waals surface area contributed by atoms with E-state index in [9.17, 15) is 4.79 Å².